The second-order valence-electron chi connectivity index (χ2n) is 3.94. The zero-order valence-electron chi connectivity index (χ0n) is 9.79. The molecule has 1 N–H and O–H groups in total. The van der Waals surface area contributed by atoms with Crippen LogP contribution in [0.15, 0.2) is 24.3 Å². The van der Waals surface area contributed by atoms with E-state index in [0.29, 0.717) is 12.4 Å². The number of carbonyl (C=O) groups is 1. The van der Waals surface area contributed by atoms with E-state index in [4.69, 9.17) is 11.6 Å². The van der Waals surface area contributed by atoms with Crippen molar-refractivity contribution >= 4 is 17.5 Å². The lowest BCUT2D eigenvalue weighted by Crippen LogP contribution is -2.29. The van der Waals surface area contributed by atoms with Gasteiger partial charge in [-0.3, -0.25) is 4.79 Å². The third-order valence-electron chi connectivity index (χ3n) is 2.58. The van der Waals surface area contributed by atoms with Gasteiger partial charge >= 0.3 is 0 Å². The Labute approximate surface area is 102 Å². The zero-order valence-corrected chi connectivity index (χ0v) is 10.6. The van der Waals surface area contributed by atoms with Gasteiger partial charge in [0.25, 0.3) is 0 Å². The molecule has 0 bridgehead atoms. The molecule has 3 heteroatoms. The Hall–Kier alpha value is -1.02. The van der Waals surface area contributed by atoms with Gasteiger partial charge in [-0.2, -0.15) is 0 Å². The minimum atomic E-state index is -0.128. The molecule has 0 aliphatic heterocycles. The fourth-order valence-corrected chi connectivity index (χ4v) is 1.47. The van der Waals surface area contributed by atoms with Crippen LogP contribution < -0.4 is 5.32 Å². The molecule has 0 aliphatic rings. The maximum atomic E-state index is 11.5. The fourth-order valence-electron chi connectivity index (χ4n) is 1.33. The van der Waals surface area contributed by atoms with Crippen LogP contribution in [0.3, 0.4) is 0 Å². The highest BCUT2D eigenvalue weighted by Gasteiger charge is 2.10. The number of aryl methyl sites for hydroxylation is 1. The highest BCUT2D eigenvalue weighted by Crippen LogP contribution is 2.05. The molecule has 1 atom stereocenters. The van der Waals surface area contributed by atoms with Crippen molar-refractivity contribution in [1.82, 2.24) is 5.32 Å². The van der Waals surface area contributed by atoms with Crippen molar-refractivity contribution in [2.24, 2.45) is 5.92 Å². The van der Waals surface area contributed by atoms with E-state index in [1.165, 1.54) is 5.56 Å². The monoisotopic (exact) mass is 239 g/mol. The van der Waals surface area contributed by atoms with Crippen molar-refractivity contribution in [2.45, 2.75) is 26.8 Å². The molecule has 0 fully saturated rings. The van der Waals surface area contributed by atoms with Crippen LogP contribution in [0, 0.1) is 5.92 Å². The van der Waals surface area contributed by atoms with Gasteiger partial charge in [-0.1, -0.05) is 38.1 Å². The van der Waals surface area contributed by atoms with Crippen LogP contribution in [0.2, 0.25) is 0 Å². The molecule has 0 spiro atoms. The molecule has 0 aromatic heterocycles. The lowest BCUT2D eigenvalue weighted by atomic mass is 10.1. The molecular weight excluding hydrogens is 222 g/mol. The average molecular weight is 240 g/mol. The Morgan fingerprint density at radius 2 is 1.88 bits per heavy atom. The van der Waals surface area contributed by atoms with Crippen molar-refractivity contribution in [3.8, 4) is 0 Å². The average Bonchev–Trinajstić information content (AvgIpc) is 2.35. The smallest absolute Gasteiger partial charge is 0.224 e. The van der Waals surface area contributed by atoms with Crippen molar-refractivity contribution < 1.29 is 4.79 Å². The SMILES string of the molecule is CCc1ccc(CNC(=O)C(C)CCl)cc1. The molecule has 16 heavy (non-hydrogen) atoms. The van der Waals surface area contributed by atoms with Gasteiger partial charge in [0.1, 0.15) is 0 Å². The van der Waals surface area contributed by atoms with Crippen molar-refractivity contribution in [2.75, 3.05) is 5.88 Å². The van der Waals surface area contributed by atoms with Gasteiger partial charge in [0.05, 0.1) is 0 Å². The molecule has 0 saturated heterocycles. The summed E-state index contributed by atoms with van der Waals surface area (Å²) in [6.45, 7) is 4.52. The summed E-state index contributed by atoms with van der Waals surface area (Å²) in [5.74, 6) is 0.242. The number of rotatable bonds is 5. The number of benzene rings is 1. The van der Waals surface area contributed by atoms with E-state index in [-0.39, 0.29) is 11.8 Å². The van der Waals surface area contributed by atoms with E-state index in [0.717, 1.165) is 12.0 Å². The van der Waals surface area contributed by atoms with Crippen molar-refractivity contribution in [3.05, 3.63) is 35.4 Å². The van der Waals surface area contributed by atoms with Gasteiger partial charge in [0, 0.05) is 18.3 Å². The number of hydrogen-bond acceptors (Lipinski definition) is 1. The predicted molar refractivity (Wildman–Crippen MR) is 67.6 cm³/mol. The van der Waals surface area contributed by atoms with Gasteiger partial charge in [-0.15, -0.1) is 11.6 Å². The van der Waals surface area contributed by atoms with Gasteiger partial charge in [-0.25, -0.2) is 0 Å². The summed E-state index contributed by atoms with van der Waals surface area (Å²) in [7, 11) is 0. The molecular formula is C13H18ClNO. The van der Waals surface area contributed by atoms with Gasteiger partial charge in [0.2, 0.25) is 5.91 Å². The number of carbonyl (C=O) groups excluding carboxylic acids is 1. The maximum absolute atomic E-state index is 11.5. The zero-order chi connectivity index (χ0) is 12.0. The van der Waals surface area contributed by atoms with Crippen LogP contribution in [0.1, 0.15) is 25.0 Å². The van der Waals surface area contributed by atoms with Crippen LogP contribution in [0.25, 0.3) is 0 Å². The molecule has 0 aliphatic carbocycles. The summed E-state index contributed by atoms with van der Waals surface area (Å²) in [6.07, 6.45) is 1.04. The molecule has 1 aromatic carbocycles. The van der Waals surface area contributed by atoms with Crippen LogP contribution >= 0.6 is 11.6 Å². The normalized spacial score (nSPS) is 12.2. The van der Waals surface area contributed by atoms with Crippen LogP contribution in [-0.4, -0.2) is 11.8 Å². The van der Waals surface area contributed by atoms with Crippen LogP contribution in [0.4, 0.5) is 0 Å². The first-order chi connectivity index (χ1) is 7.67. The van der Waals surface area contributed by atoms with Crippen molar-refractivity contribution in [3.63, 3.8) is 0 Å². The minimum Gasteiger partial charge on any atom is -0.352 e. The highest BCUT2D eigenvalue weighted by molar-refractivity contribution is 6.19. The molecule has 0 saturated carbocycles. The Morgan fingerprint density at radius 1 is 1.31 bits per heavy atom. The minimum absolute atomic E-state index is 0.00886. The first-order valence-electron chi connectivity index (χ1n) is 5.58. The van der Waals surface area contributed by atoms with Crippen LogP contribution in [0.5, 0.6) is 0 Å². The van der Waals surface area contributed by atoms with Gasteiger partial charge in [0.15, 0.2) is 0 Å². The fraction of sp³-hybridized carbons (Fsp3) is 0.462. The summed E-state index contributed by atoms with van der Waals surface area (Å²) >= 11 is 5.61. The summed E-state index contributed by atoms with van der Waals surface area (Å²) in [4.78, 5) is 11.5. The summed E-state index contributed by atoms with van der Waals surface area (Å²) in [5.41, 5.74) is 2.43. The largest absolute Gasteiger partial charge is 0.352 e. The maximum Gasteiger partial charge on any atom is 0.224 e. The lowest BCUT2D eigenvalue weighted by molar-refractivity contribution is -0.124. The molecule has 1 unspecified atom stereocenters. The molecule has 2 nitrogen and oxygen atoms in total. The van der Waals surface area contributed by atoms with Gasteiger partial charge < -0.3 is 5.32 Å². The molecule has 1 amide bonds. The summed E-state index contributed by atoms with van der Waals surface area (Å²) < 4.78 is 0. The third-order valence-corrected chi connectivity index (χ3v) is 3.04. The quantitative estimate of drug-likeness (QED) is 0.787. The van der Waals surface area contributed by atoms with E-state index in [1.54, 1.807) is 0 Å². The third kappa shape index (κ3) is 3.86. The van der Waals surface area contributed by atoms with E-state index in [1.807, 2.05) is 19.1 Å². The molecule has 1 aromatic rings. The van der Waals surface area contributed by atoms with Gasteiger partial charge in [-0.05, 0) is 17.5 Å². The number of halogens is 1. The first kappa shape index (κ1) is 13.0. The molecule has 88 valence electrons. The number of nitrogens with one attached hydrogen (secondary N) is 1. The van der Waals surface area contributed by atoms with E-state index < -0.39 is 0 Å². The second kappa shape index (κ2) is 6.54. The standard InChI is InChI=1S/C13H18ClNO/c1-3-11-4-6-12(7-5-11)9-15-13(16)10(2)8-14/h4-7,10H,3,8-9H2,1-2H3,(H,15,16). The van der Waals surface area contributed by atoms with Crippen molar-refractivity contribution in [1.29, 1.82) is 0 Å². The molecule has 1 rings (SSSR count). The lowest BCUT2D eigenvalue weighted by Gasteiger charge is -2.09. The Kier molecular flexibility index (Phi) is 5.33. The molecule has 0 heterocycles. The number of amides is 1. The van der Waals surface area contributed by atoms with Crippen LogP contribution in [-0.2, 0) is 17.8 Å². The number of hydrogen-bond donors (Lipinski definition) is 1. The molecule has 0 radical (unpaired) electrons. The first-order valence-corrected chi connectivity index (χ1v) is 6.12. The Morgan fingerprint density at radius 3 is 2.38 bits per heavy atom. The van der Waals surface area contributed by atoms with E-state index in [9.17, 15) is 4.79 Å². The second-order valence-corrected chi connectivity index (χ2v) is 4.25. The highest BCUT2D eigenvalue weighted by atomic mass is 35.5. The number of alkyl halides is 1. The van der Waals surface area contributed by atoms with E-state index in [2.05, 4.69) is 24.4 Å². The van der Waals surface area contributed by atoms with E-state index >= 15 is 0 Å². The Bertz CT molecular complexity index is 334. The topological polar surface area (TPSA) is 29.1 Å². The summed E-state index contributed by atoms with van der Waals surface area (Å²) in [6, 6.07) is 8.27. The predicted octanol–water partition coefficient (Wildman–Crippen LogP) is 2.74. The Balaban J connectivity index is 2.45. The summed E-state index contributed by atoms with van der Waals surface area (Å²) in [5, 5.41) is 2.86.